The van der Waals surface area contributed by atoms with Gasteiger partial charge < -0.3 is 14.2 Å². The van der Waals surface area contributed by atoms with Gasteiger partial charge in [0.15, 0.2) is 11.5 Å². The number of carbonyl (C=O) groups excluding carboxylic acids is 1. The van der Waals surface area contributed by atoms with E-state index in [4.69, 9.17) is 14.2 Å². The summed E-state index contributed by atoms with van der Waals surface area (Å²) in [5.41, 5.74) is 0.212. The Morgan fingerprint density at radius 1 is 1.41 bits per heavy atom. The molecular weight excluding hydrogens is 310 g/mol. The lowest BCUT2D eigenvalue weighted by Crippen LogP contribution is -2.36. The van der Waals surface area contributed by atoms with Crippen LogP contribution in [0.4, 0.5) is 0 Å². The molecule has 1 saturated heterocycles. The quantitative estimate of drug-likeness (QED) is 0.594. The fourth-order valence-corrected chi connectivity index (χ4v) is 3.60. The number of hydrogen-bond donors (Lipinski definition) is 0. The summed E-state index contributed by atoms with van der Waals surface area (Å²) in [6.07, 6.45) is -0.0256. The molecule has 0 saturated carbocycles. The number of carbonyl (C=O) groups is 1. The number of ether oxygens (including phenoxy) is 3. The van der Waals surface area contributed by atoms with Crippen molar-refractivity contribution >= 4 is 21.8 Å². The lowest BCUT2D eigenvalue weighted by molar-refractivity contribution is -0.137. The number of rotatable bonds is 4. The van der Waals surface area contributed by atoms with E-state index >= 15 is 0 Å². The Morgan fingerprint density at radius 3 is 2.73 bits per heavy atom. The lowest BCUT2D eigenvalue weighted by atomic mass is 10.1. The summed E-state index contributed by atoms with van der Waals surface area (Å²) in [6, 6.07) is 6.39. The third kappa shape index (κ3) is 2.34. The largest absolute Gasteiger partial charge is 0.488 e. The highest BCUT2D eigenvalue weighted by atomic mass is 32.2. The average Bonchev–Trinajstić information content (AvgIpc) is 3.33. The molecule has 8 heteroatoms. The predicted molar refractivity (Wildman–Crippen MR) is 76.0 cm³/mol. The van der Waals surface area contributed by atoms with Crippen LogP contribution in [-0.4, -0.2) is 52.2 Å². The van der Waals surface area contributed by atoms with E-state index in [1.807, 2.05) is 0 Å². The van der Waals surface area contributed by atoms with Crippen LogP contribution in [0.25, 0.3) is 5.76 Å². The van der Waals surface area contributed by atoms with Crippen LogP contribution in [-0.2, 0) is 29.0 Å². The van der Waals surface area contributed by atoms with Crippen molar-refractivity contribution in [3.05, 3.63) is 35.5 Å². The van der Waals surface area contributed by atoms with E-state index in [-0.39, 0.29) is 29.1 Å². The normalized spacial score (nSPS) is 22.1. The molecule has 22 heavy (non-hydrogen) atoms. The van der Waals surface area contributed by atoms with E-state index in [9.17, 15) is 13.2 Å². The smallest absolute Gasteiger partial charge is 0.359 e. The zero-order chi connectivity index (χ0) is 15.9. The molecule has 2 heterocycles. The molecule has 2 aliphatic heterocycles. The maximum Gasteiger partial charge on any atom is 0.359 e. The minimum atomic E-state index is -3.82. The second kappa shape index (κ2) is 5.29. The first kappa shape index (κ1) is 14.9. The SMILES string of the molecule is COC(=O)C1=C(OC[C@@H]2CO2)c2ccccc2S(=O)(=O)N1C. The van der Waals surface area contributed by atoms with E-state index in [1.165, 1.54) is 20.2 Å². The molecule has 0 bridgehead atoms. The number of hydrogen-bond acceptors (Lipinski definition) is 6. The number of sulfonamides is 1. The van der Waals surface area contributed by atoms with Crippen LogP contribution in [0.2, 0.25) is 0 Å². The molecule has 0 unspecified atom stereocenters. The highest BCUT2D eigenvalue weighted by molar-refractivity contribution is 7.89. The first-order chi connectivity index (χ1) is 10.5. The Balaban J connectivity index is 2.17. The number of nitrogens with zero attached hydrogens (tertiary/aromatic N) is 1. The summed E-state index contributed by atoms with van der Waals surface area (Å²) in [5.74, 6) is -0.581. The summed E-state index contributed by atoms with van der Waals surface area (Å²) in [4.78, 5) is 12.1. The van der Waals surface area contributed by atoms with Crippen LogP contribution in [0.5, 0.6) is 0 Å². The number of benzene rings is 1. The Hall–Kier alpha value is -2.06. The molecule has 0 spiro atoms. The summed E-state index contributed by atoms with van der Waals surface area (Å²) in [6.45, 7) is 0.842. The Bertz CT molecular complexity index is 750. The van der Waals surface area contributed by atoms with Crippen molar-refractivity contribution in [3.63, 3.8) is 0 Å². The van der Waals surface area contributed by atoms with Gasteiger partial charge in [-0.2, -0.15) is 0 Å². The van der Waals surface area contributed by atoms with E-state index in [0.717, 1.165) is 4.31 Å². The molecule has 0 aromatic heterocycles. The predicted octanol–water partition coefficient (Wildman–Crippen LogP) is 0.578. The van der Waals surface area contributed by atoms with Gasteiger partial charge >= 0.3 is 5.97 Å². The van der Waals surface area contributed by atoms with Crippen molar-refractivity contribution in [1.82, 2.24) is 4.31 Å². The van der Waals surface area contributed by atoms with Crippen LogP contribution in [0.1, 0.15) is 5.56 Å². The molecule has 0 N–H and O–H groups in total. The van der Waals surface area contributed by atoms with Crippen LogP contribution >= 0.6 is 0 Å². The van der Waals surface area contributed by atoms with Crippen molar-refractivity contribution in [3.8, 4) is 0 Å². The molecule has 0 aliphatic carbocycles. The second-order valence-corrected chi connectivity index (χ2v) is 6.84. The van der Waals surface area contributed by atoms with Gasteiger partial charge in [-0.3, -0.25) is 4.31 Å². The minimum Gasteiger partial charge on any atom is -0.488 e. The summed E-state index contributed by atoms with van der Waals surface area (Å²) in [5, 5.41) is 0. The number of fused-ring (bicyclic) bond motifs is 1. The fraction of sp³-hybridized carbons (Fsp3) is 0.357. The van der Waals surface area contributed by atoms with Gasteiger partial charge in [-0.25, -0.2) is 13.2 Å². The van der Waals surface area contributed by atoms with Gasteiger partial charge in [-0.05, 0) is 12.1 Å². The van der Waals surface area contributed by atoms with Gasteiger partial charge in [0.1, 0.15) is 12.7 Å². The van der Waals surface area contributed by atoms with E-state index in [1.54, 1.807) is 18.2 Å². The fourth-order valence-electron chi connectivity index (χ4n) is 2.22. The van der Waals surface area contributed by atoms with Crippen LogP contribution in [0.15, 0.2) is 34.9 Å². The Morgan fingerprint density at radius 2 is 2.09 bits per heavy atom. The molecule has 0 amide bonds. The second-order valence-electron chi connectivity index (χ2n) is 4.90. The topological polar surface area (TPSA) is 85.4 Å². The third-order valence-electron chi connectivity index (χ3n) is 3.49. The van der Waals surface area contributed by atoms with Gasteiger partial charge in [0.25, 0.3) is 10.0 Å². The molecule has 1 atom stereocenters. The van der Waals surface area contributed by atoms with Gasteiger partial charge in [0.05, 0.1) is 18.6 Å². The van der Waals surface area contributed by atoms with Gasteiger partial charge in [-0.15, -0.1) is 0 Å². The Kier molecular flexibility index (Phi) is 3.57. The number of likely N-dealkylation sites (N-methyl/N-ethyl adjacent to an activating group) is 1. The van der Waals surface area contributed by atoms with Crippen molar-refractivity contribution in [1.29, 1.82) is 0 Å². The molecule has 3 rings (SSSR count). The van der Waals surface area contributed by atoms with Gasteiger partial charge in [-0.1, -0.05) is 12.1 Å². The van der Waals surface area contributed by atoms with Crippen LogP contribution in [0, 0.1) is 0 Å². The molecule has 0 radical (unpaired) electrons. The van der Waals surface area contributed by atoms with E-state index < -0.39 is 16.0 Å². The zero-order valence-corrected chi connectivity index (χ0v) is 12.9. The molecule has 1 aromatic rings. The van der Waals surface area contributed by atoms with E-state index in [2.05, 4.69) is 0 Å². The molecule has 7 nitrogen and oxygen atoms in total. The molecule has 1 fully saturated rings. The number of methoxy groups -OCH3 is 1. The maximum atomic E-state index is 12.5. The van der Waals surface area contributed by atoms with Crippen molar-refractivity contribution in [2.24, 2.45) is 0 Å². The van der Waals surface area contributed by atoms with Gasteiger partial charge in [0.2, 0.25) is 0 Å². The number of epoxide rings is 1. The monoisotopic (exact) mass is 325 g/mol. The van der Waals surface area contributed by atoms with Crippen LogP contribution < -0.4 is 0 Å². The van der Waals surface area contributed by atoms with Crippen molar-refractivity contribution in [2.45, 2.75) is 11.0 Å². The number of esters is 1. The lowest BCUT2D eigenvalue weighted by Gasteiger charge is -2.29. The standard InChI is InChI=1S/C14H15NO6S/c1-15-12(14(16)19-2)13(21-8-9-7-20-9)10-5-3-4-6-11(10)22(15,17)18/h3-6,9H,7-8H2,1-2H3/t9-/m0/s1. The minimum absolute atomic E-state index is 0.0256. The molecule has 118 valence electrons. The molecule has 1 aromatic carbocycles. The highest BCUT2D eigenvalue weighted by Gasteiger charge is 2.39. The van der Waals surface area contributed by atoms with E-state index in [0.29, 0.717) is 12.2 Å². The van der Waals surface area contributed by atoms with Gasteiger partial charge in [0, 0.05) is 12.6 Å². The summed E-state index contributed by atoms with van der Waals surface area (Å²) >= 11 is 0. The first-order valence-corrected chi connectivity index (χ1v) is 8.06. The van der Waals surface area contributed by atoms with Crippen LogP contribution in [0.3, 0.4) is 0 Å². The summed E-state index contributed by atoms with van der Waals surface area (Å²) in [7, 11) is -1.33. The molecular formula is C14H15NO6S. The first-order valence-electron chi connectivity index (χ1n) is 6.62. The molecule has 2 aliphatic rings. The van der Waals surface area contributed by atoms with Crippen molar-refractivity contribution < 1.29 is 27.4 Å². The zero-order valence-electron chi connectivity index (χ0n) is 12.1. The van der Waals surface area contributed by atoms with Crippen molar-refractivity contribution in [2.75, 3.05) is 27.4 Å². The maximum absolute atomic E-state index is 12.5. The average molecular weight is 325 g/mol. The third-order valence-corrected chi connectivity index (χ3v) is 5.31. The Labute approximate surface area is 128 Å². The summed E-state index contributed by atoms with van der Waals surface area (Å²) < 4.78 is 41.4. The highest BCUT2D eigenvalue weighted by Crippen LogP contribution is 2.37.